The number of hydrogen-bond acceptors (Lipinski definition) is 3. The van der Waals surface area contributed by atoms with E-state index in [-0.39, 0.29) is 0 Å². The molecule has 0 radical (unpaired) electrons. The SMILES string of the molecule is CCCCCCOCCCCCCCCCc1ncccn1. The van der Waals surface area contributed by atoms with Crippen LogP contribution < -0.4 is 0 Å². The summed E-state index contributed by atoms with van der Waals surface area (Å²) in [4.78, 5) is 8.51. The summed E-state index contributed by atoms with van der Waals surface area (Å²) in [6, 6.07) is 1.87. The van der Waals surface area contributed by atoms with E-state index in [1.165, 1.54) is 70.6 Å². The molecule has 0 aliphatic heterocycles. The van der Waals surface area contributed by atoms with Crippen LogP contribution in [0.2, 0.25) is 0 Å². The first-order chi connectivity index (χ1) is 10.9. The van der Waals surface area contributed by atoms with Gasteiger partial charge in [-0.15, -0.1) is 0 Å². The molecule has 1 aromatic rings. The van der Waals surface area contributed by atoms with Crippen molar-refractivity contribution in [1.82, 2.24) is 9.97 Å². The van der Waals surface area contributed by atoms with Gasteiger partial charge in [0.1, 0.15) is 5.82 Å². The van der Waals surface area contributed by atoms with Gasteiger partial charge in [0.05, 0.1) is 0 Å². The first-order valence-electron chi connectivity index (χ1n) is 9.27. The van der Waals surface area contributed by atoms with Gasteiger partial charge in [-0.2, -0.15) is 0 Å². The summed E-state index contributed by atoms with van der Waals surface area (Å²) in [6.45, 7) is 4.16. The topological polar surface area (TPSA) is 35.0 Å². The van der Waals surface area contributed by atoms with Crippen LogP contribution in [-0.4, -0.2) is 23.2 Å². The van der Waals surface area contributed by atoms with Gasteiger partial charge in [0.15, 0.2) is 0 Å². The summed E-state index contributed by atoms with van der Waals surface area (Å²) in [5.74, 6) is 0.985. The number of nitrogens with zero attached hydrogens (tertiary/aromatic N) is 2. The van der Waals surface area contributed by atoms with E-state index in [2.05, 4.69) is 16.9 Å². The van der Waals surface area contributed by atoms with E-state index in [0.717, 1.165) is 25.5 Å². The van der Waals surface area contributed by atoms with Crippen molar-refractivity contribution < 1.29 is 4.74 Å². The van der Waals surface area contributed by atoms with E-state index >= 15 is 0 Å². The first-order valence-corrected chi connectivity index (χ1v) is 9.27. The Morgan fingerprint density at radius 3 is 1.91 bits per heavy atom. The molecule has 3 heteroatoms. The van der Waals surface area contributed by atoms with Crippen LogP contribution in [0.15, 0.2) is 18.5 Å². The van der Waals surface area contributed by atoms with Crippen LogP contribution in [0.5, 0.6) is 0 Å². The van der Waals surface area contributed by atoms with Crippen LogP contribution in [-0.2, 0) is 11.2 Å². The van der Waals surface area contributed by atoms with Crippen molar-refractivity contribution in [2.24, 2.45) is 0 Å². The maximum atomic E-state index is 5.66. The van der Waals surface area contributed by atoms with E-state index in [0.29, 0.717) is 0 Å². The van der Waals surface area contributed by atoms with Gasteiger partial charge in [-0.1, -0.05) is 58.3 Å². The van der Waals surface area contributed by atoms with Crippen LogP contribution in [0, 0.1) is 0 Å². The minimum absolute atomic E-state index is 0.956. The molecule has 0 aliphatic carbocycles. The quantitative estimate of drug-likeness (QED) is 0.410. The molecular formula is C19H34N2O. The first kappa shape index (κ1) is 19.1. The Labute approximate surface area is 136 Å². The second-order valence-corrected chi connectivity index (χ2v) is 6.06. The summed E-state index contributed by atoms with van der Waals surface area (Å²) >= 11 is 0. The van der Waals surface area contributed by atoms with Gasteiger partial charge in [0.2, 0.25) is 0 Å². The predicted molar refractivity (Wildman–Crippen MR) is 93.0 cm³/mol. The second-order valence-electron chi connectivity index (χ2n) is 6.06. The zero-order valence-corrected chi connectivity index (χ0v) is 14.4. The van der Waals surface area contributed by atoms with Crippen LogP contribution in [0.3, 0.4) is 0 Å². The number of aryl methyl sites for hydroxylation is 1. The highest BCUT2D eigenvalue weighted by Gasteiger charge is 1.96. The Balaban J connectivity index is 1.73. The van der Waals surface area contributed by atoms with Gasteiger partial charge in [-0.25, -0.2) is 9.97 Å². The van der Waals surface area contributed by atoms with Crippen molar-refractivity contribution in [3.63, 3.8) is 0 Å². The molecule has 0 fully saturated rings. The van der Waals surface area contributed by atoms with Gasteiger partial charge in [0.25, 0.3) is 0 Å². The fourth-order valence-corrected chi connectivity index (χ4v) is 2.56. The molecule has 0 N–H and O–H groups in total. The lowest BCUT2D eigenvalue weighted by atomic mass is 10.1. The van der Waals surface area contributed by atoms with Crippen LogP contribution in [0.25, 0.3) is 0 Å². The zero-order valence-electron chi connectivity index (χ0n) is 14.4. The second kappa shape index (κ2) is 15.0. The average Bonchev–Trinajstić information content (AvgIpc) is 2.56. The van der Waals surface area contributed by atoms with Crippen molar-refractivity contribution in [2.75, 3.05) is 13.2 Å². The van der Waals surface area contributed by atoms with Crippen LogP contribution in [0.1, 0.15) is 83.4 Å². The van der Waals surface area contributed by atoms with Crippen molar-refractivity contribution in [3.05, 3.63) is 24.3 Å². The molecule has 0 unspecified atom stereocenters. The monoisotopic (exact) mass is 306 g/mol. The highest BCUT2D eigenvalue weighted by molar-refractivity contribution is 4.88. The Morgan fingerprint density at radius 2 is 1.27 bits per heavy atom. The molecule has 0 aliphatic rings. The molecule has 0 atom stereocenters. The summed E-state index contributed by atoms with van der Waals surface area (Å²) in [5, 5.41) is 0. The third-order valence-electron chi connectivity index (χ3n) is 3.95. The Kier molecular flexibility index (Phi) is 13.0. The largest absolute Gasteiger partial charge is 0.381 e. The highest BCUT2D eigenvalue weighted by Crippen LogP contribution is 2.09. The molecule has 3 nitrogen and oxygen atoms in total. The van der Waals surface area contributed by atoms with Crippen LogP contribution in [0.4, 0.5) is 0 Å². The summed E-state index contributed by atoms with van der Waals surface area (Å²) in [6.07, 6.45) is 19.0. The minimum Gasteiger partial charge on any atom is -0.381 e. The third kappa shape index (κ3) is 11.7. The van der Waals surface area contributed by atoms with Crippen molar-refractivity contribution in [3.8, 4) is 0 Å². The number of unbranched alkanes of at least 4 members (excludes halogenated alkanes) is 9. The van der Waals surface area contributed by atoms with Gasteiger partial charge in [-0.3, -0.25) is 0 Å². The Morgan fingerprint density at radius 1 is 0.727 bits per heavy atom. The smallest absolute Gasteiger partial charge is 0.128 e. The lowest BCUT2D eigenvalue weighted by Gasteiger charge is -2.04. The highest BCUT2D eigenvalue weighted by atomic mass is 16.5. The maximum Gasteiger partial charge on any atom is 0.128 e. The van der Waals surface area contributed by atoms with E-state index in [9.17, 15) is 0 Å². The number of hydrogen-bond donors (Lipinski definition) is 0. The summed E-state index contributed by atoms with van der Waals surface area (Å²) in [5.41, 5.74) is 0. The molecule has 126 valence electrons. The molecule has 22 heavy (non-hydrogen) atoms. The zero-order chi connectivity index (χ0) is 15.7. The van der Waals surface area contributed by atoms with Gasteiger partial charge >= 0.3 is 0 Å². The van der Waals surface area contributed by atoms with E-state index in [1.54, 1.807) is 0 Å². The molecule has 0 amide bonds. The summed E-state index contributed by atoms with van der Waals surface area (Å²) < 4.78 is 5.66. The van der Waals surface area contributed by atoms with Crippen LogP contribution >= 0.6 is 0 Å². The fraction of sp³-hybridized carbons (Fsp3) is 0.789. The standard InChI is InChI=1S/C19H34N2O/c1-2-3-4-11-17-22-18-12-9-7-5-6-8-10-14-19-20-15-13-16-21-19/h13,15-16H,2-12,14,17-18H2,1H3. The van der Waals surface area contributed by atoms with Crippen molar-refractivity contribution >= 4 is 0 Å². The normalized spacial score (nSPS) is 11.0. The summed E-state index contributed by atoms with van der Waals surface area (Å²) in [7, 11) is 0. The van der Waals surface area contributed by atoms with Gasteiger partial charge < -0.3 is 4.74 Å². The molecule has 0 bridgehead atoms. The molecular weight excluding hydrogens is 272 g/mol. The van der Waals surface area contributed by atoms with Gasteiger partial charge in [0, 0.05) is 32.0 Å². The molecule has 0 saturated carbocycles. The molecule has 1 rings (SSSR count). The van der Waals surface area contributed by atoms with Gasteiger partial charge in [-0.05, 0) is 25.3 Å². The lowest BCUT2D eigenvalue weighted by Crippen LogP contribution is -1.97. The molecule has 0 saturated heterocycles. The van der Waals surface area contributed by atoms with Crippen molar-refractivity contribution in [1.29, 1.82) is 0 Å². The third-order valence-corrected chi connectivity index (χ3v) is 3.95. The predicted octanol–water partition coefficient (Wildman–Crippen LogP) is 5.35. The number of ether oxygens (including phenoxy) is 1. The minimum atomic E-state index is 0.956. The number of aromatic nitrogens is 2. The fourth-order valence-electron chi connectivity index (χ4n) is 2.56. The van der Waals surface area contributed by atoms with E-state index in [4.69, 9.17) is 4.74 Å². The van der Waals surface area contributed by atoms with E-state index < -0.39 is 0 Å². The average molecular weight is 306 g/mol. The molecule has 1 aromatic heterocycles. The molecule has 0 spiro atoms. The Bertz CT molecular complexity index is 329. The Hall–Kier alpha value is -0.960. The van der Waals surface area contributed by atoms with E-state index in [1.807, 2.05) is 18.5 Å². The molecule has 0 aromatic carbocycles. The lowest BCUT2D eigenvalue weighted by molar-refractivity contribution is 0.125. The van der Waals surface area contributed by atoms with Crippen molar-refractivity contribution in [2.45, 2.75) is 84.0 Å². The molecule has 1 heterocycles. The maximum absolute atomic E-state index is 5.66. The number of rotatable bonds is 15.